The van der Waals surface area contributed by atoms with E-state index in [1.165, 1.54) is 33.2 Å². The molecule has 0 saturated carbocycles. The summed E-state index contributed by atoms with van der Waals surface area (Å²) in [6.45, 7) is 3.80. The Morgan fingerprint density at radius 2 is 1.75 bits per heavy atom. The third-order valence-corrected chi connectivity index (χ3v) is 4.13. The molecule has 0 N–H and O–H groups in total. The first-order chi connectivity index (χ1) is 11.7. The minimum atomic E-state index is -0.365. The summed E-state index contributed by atoms with van der Waals surface area (Å²) in [5.74, 6) is 0.503. The molecule has 0 spiro atoms. The molecule has 0 heterocycles. The average Bonchev–Trinajstić information content (AvgIpc) is 2.64. The summed E-state index contributed by atoms with van der Waals surface area (Å²) in [7, 11) is 1.68. The summed E-state index contributed by atoms with van der Waals surface area (Å²) < 4.78 is 10.3. The fourth-order valence-corrected chi connectivity index (χ4v) is 2.89. The molecule has 0 aliphatic carbocycles. The number of ether oxygens (including phenoxy) is 2. The summed E-state index contributed by atoms with van der Waals surface area (Å²) in [4.78, 5) is 11.0. The first-order valence-corrected chi connectivity index (χ1v) is 8.00. The first-order valence-electron chi connectivity index (χ1n) is 8.00. The van der Waals surface area contributed by atoms with Crippen molar-refractivity contribution in [1.82, 2.24) is 0 Å². The molecule has 0 aliphatic heterocycles. The van der Waals surface area contributed by atoms with Crippen LogP contribution in [0.5, 0.6) is 5.75 Å². The zero-order chi connectivity index (χ0) is 16.9. The van der Waals surface area contributed by atoms with Crippen LogP contribution in [0, 0.1) is 0 Å². The van der Waals surface area contributed by atoms with Crippen molar-refractivity contribution < 1.29 is 14.3 Å². The molecule has 3 heteroatoms. The second-order valence-electron chi connectivity index (χ2n) is 5.68. The van der Waals surface area contributed by atoms with E-state index in [-0.39, 0.29) is 5.97 Å². The van der Waals surface area contributed by atoms with Crippen LogP contribution in [0.15, 0.2) is 61.2 Å². The van der Waals surface area contributed by atoms with Crippen LogP contribution in [0.1, 0.15) is 12.0 Å². The van der Waals surface area contributed by atoms with Crippen molar-refractivity contribution in [2.24, 2.45) is 0 Å². The van der Waals surface area contributed by atoms with E-state index in [2.05, 4.69) is 49.0 Å². The molecular formula is C21H20O3. The van der Waals surface area contributed by atoms with Gasteiger partial charge < -0.3 is 9.47 Å². The van der Waals surface area contributed by atoms with Crippen LogP contribution in [-0.2, 0) is 16.0 Å². The molecule has 24 heavy (non-hydrogen) atoms. The summed E-state index contributed by atoms with van der Waals surface area (Å²) in [5.41, 5.74) is 1.24. The van der Waals surface area contributed by atoms with Gasteiger partial charge in [-0.05, 0) is 52.1 Å². The van der Waals surface area contributed by atoms with Gasteiger partial charge in [-0.25, -0.2) is 4.79 Å². The van der Waals surface area contributed by atoms with Crippen molar-refractivity contribution in [3.63, 3.8) is 0 Å². The van der Waals surface area contributed by atoms with Crippen LogP contribution in [0.4, 0.5) is 0 Å². The third kappa shape index (κ3) is 3.40. The third-order valence-electron chi connectivity index (χ3n) is 4.13. The van der Waals surface area contributed by atoms with Crippen molar-refractivity contribution in [3.05, 3.63) is 66.7 Å². The molecule has 3 aromatic carbocycles. The van der Waals surface area contributed by atoms with Gasteiger partial charge in [0.25, 0.3) is 0 Å². The summed E-state index contributed by atoms with van der Waals surface area (Å²) in [6.07, 6.45) is 2.87. The van der Waals surface area contributed by atoms with Gasteiger partial charge >= 0.3 is 5.97 Å². The smallest absolute Gasteiger partial charge is 0.330 e. The van der Waals surface area contributed by atoms with E-state index >= 15 is 0 Å². The number of carbonyl (C=O) groups is 1. The highest BCUT2D eigenvalue weighted by molar-refractivity contribution is 6.07. The molecule has 0 aromatic heterocycles. The van der Waals surface area contributed by atoms with Gasteiger partial charge in [-0.3, -0.25) is 0 Å². The molecule has 0 fully saturated rings. The Hall–Kier alpha value is -2.81. The molecule has 0 amide bonds. The minimum Gasteiger partial charge on any atom is -0.497 e. The molecule has 0 aliphatic rings. The average molecular weight is 320 g/mol. The fourth-order valence-electron chi connectivity index (χ4n) is 2.89. The highest BCUT2D eigenvalue weighted by Gasteiger charge is 2.04. The van der Waals surface area contributed by atoms with Crippen LogP contribution < -0.4 is 4.74 Å². The molecule has 3 aromatic rings. The topological polar surface area (TPSA) is 35.5 Å². The van der Waals surface area contributed by atoms with Crippen LogP contribution in [-0.4, -0.2) is 19.7 Å². The molecule has 0 unspecified atom stereocenters. The SMILES string of the molecule is C=CC(=O)OCCCc1ccc2c(ccc3cc(OC)ccc32)c1. The van der Waals surface area contributed by atoms with E-state index in [0.717, 1.165) is 18.6 Å². The Balaban J connectivity index is 1.80. The standard InChI is InChI=1S/C21H20O3/c1-3-21(22)24-12-4-5-15-6-10-19-16(13-15)7-8-17-14-18(23-2)9-11-20(17)19/h3,6-11,13-14H,1,4-5,12H2,2H3. The number of benzene rings is 3. The highest BCUT2D eigenvalue weighted by Crippen LogP contribution is 2.29. The van der Waals surface area contributed by atoms with E-state index in [4.69, 9.17) is 9.47 Å². The Labute approximate surface area is 141 Å². The lowest BCUT2D eigenvalue weighted by Gasteiger charge is -2.08. The summed E-state index contributed by atoms with van der Waals surface area (Å²) in [6, 6.07) is 16.9. The zero-order valence-electron chi connectivity index (χ0n) is 13.7. The minimum absolute atomic E-state index is 0.365. The fraction of sp³-hybridized carbons (Fsp3) is 0.190. The van der Waals surface area contributed by atoms with E-state index in [0.29, 0.717) is 6.61 Å². The molecule has 122 valence electrons. The predicted molar refractivity (Wildman–Crippen MR) is 97.5 cm³/mol. The zero-order valence-corrected chi connectivity index (χ0v) is 13.7. The Bertz CT molecular complexity index is 896. The number of esters is 1. The van der Waals surface area contributed by atoms with Gasteiger partial charge in [0.15, 0.2) is 0 Å². The van der Waals surface area contributed by atoms with Gasteiger partial charge in [-0.2, -0.15) is 0 Å². The second-order valence-corrected chi connectivity index (χ2v) is 5.68. The van der Waals surface area contributed by atoms with Gasteiger partial charge in [0.2, 0.25) is 0 Å². The maximum Gasteiger partial charge on any atom is 0.330 e. The van der Waals surface area contributed by atoms with Gasteiger partial charge in [0.05, 0.1) is 13.7 Å². The summed E-state index contributed by atoms with van der Waals surface area (Å²) in [5, 5.41) is 4.84. The van der Waals surface area contributed by atoms with Gasteiger partial charge in [0, 0.05) is 6.08 Å². The number of methoxy groups -OCH3 is 1. The first kappa shape index (κ1) is 16.1. The lowest BCUT2D eigenvalue weighted by molar-refractivity contribution is -0.137. The number of hydrogen-bond acceptors (Lipinski definition) is 3. The second kappa shape index (κ2) is 7.18. The van der Waals surface area contributed by atoms with E-state index in [1.54, 1.807) is 7.11 Å². The number of hydrogen-bond donors (Lipinski definition) is 0. The molecule has 0 radical (unpaired) electrons. The Kier molecular flexibility index (Phi) is 4.80. The number of aryl methyl sites for hydroxylation is 1. The van der Waals surface area contributed by atoms with E-state index in [9.17, 15) is 4.79 Å². The molecule has 0 bridgehead atoms. The van der Waals surface area contributed by atoms with Crippen molar-refractivity contribution in [2.75, 3.05) is 13.7 Å². The van der Waals surface area contributed by atoms with Crippen LogP contribution in [0.25, 0.3) is 21.5 Å². The predicted octanol–water partition coefficient (Wildman–Crippen LogP) is 4.66. The van der Waals surface area contributed by atoms with Crippen LogP contribution >= 0.6 is 0 Å². The Morgan fingerprint density at radius 1 is 1.04 bits per heavy atom. The number of fused-ring (bicyclic) bond motifs is 3. The molecule has 3 nitrogen and oxygen atoms in total. The van der Waals surface area contributed by atoms with Gasteiger partial charge in [0.1, 0.15) is 5.75 Å². The largest absolute Gasteiger partial charge is 0.497 e. The normalized spacial score (nSPS) is 10.7. The molecule has 0 saturated heterocycles. The van der Waals surface area contributed by atoms with Crippen LogP contribution in [0.3, 0.4) is 0 Å². The Morgan fingerprint density at radius 3 is 2.46 bits per heavy atom. The highest BCUT2D eigenvalue weighted by atomic mass is 16.5. The van der Waals surface area contributed by atoms with Gasteiger partial charge in [-0.1, -0.05) is 43.0 Å². The van der Waals surface area contributed by atoms with Crippen molar-refractivity contribution in [2.45, 2.75) is 12.8 Å². The lowest BCUT2D eigenvalue weighted by atomic mass is 9.98. The lowest BCUT2D eigenvalue weighted by Crippen LogP contribution is -2.02. The number of carbonyl (C=O) groups excluding carboxylic acids is 1. The van der Waals surface area contributed by atoms with Gasteiger partial charge in [-0.15, -0.1) is 0 Å². The molecular weight excluding hydrogens is 300 g/mol. The monoisotopic (exact) mass is 320 g/mol. The van der Waals surface area contributed by atoms with Crippen molar-refractivity contribution >= 4 is 27.5 Å². The quantitative estimate of drug-likeness (QED) is 0.287. The van der Waals surface area contributed by atoms with E-state index < -0.39 is 0 Å². The maximum atomic E-state index is 11.0. The van der Waals surface area contributed by atoms with Crippen LogP contribution in [0.2, 0.25) is 0 Å². The van der Waals surface area contributed by atoms with E-state index in [1.807, 2.05) is 6.07 Å². The molecule has 0 atom stereocenters. The van der Waals surface area contributed by atoms with Crippen molar-refractivity contribution in [1.29, 1.82) is 0 Å². The van der Waals surface area contributed by atoms with Crippen molar-refractivity contribution in [3.8, 4) is 5.75 Å². The summed E-state index contributed by atoms with van der Waals surface area (Å²) >= 11 is 0. The molecule has 3 rings (SSSR count). The maximum absolute atomic E-state index is 11.0. The number of rotatable bonds is 6.